The smallest absolute Gasteiger partial charge is 0.358 e. The van der Waals surface area contributed by atoms with E-state index in [9.17, 15) is 9.59 Å². The predicted octanol–water partition coefficient (Wildman–Crippen LogP) is 1.51. The molecule has 0 saturated carbocycles. The number of carboxylic acid groups (broad SMARTS) is 1. The highest BCUT2D eigenvalue weighted by Crippen LogP contribution is 2.30. The third-order valence-corrected chi connectivity index (χ3v) is 2.43. The minimum Gasteiger partial charge on any atom is -0.490 e. The average molecular weight is 272 g/mol. The number of aromatic carboxylic acids is 1. The first kappa shape index (κ1) is 10.1. The van der Waals surface area contributed by atoms with Crippen LogP contribution in [-0.4, -0.2) is 28.4 Å². The Morgan fingerprint density at radius 1 is 1.60 bits per heavy atom. The van der Waals surface area contributed by atoms with Crippen molar-refractivity contribution in [3.05, 3.63) is 21.9 Å². The first-order valence-corrected chi connectivity index (χ1v) is 4.98. The number of carbonyl (C=O) groups is 2. The van der Waals surface area contributed by atoms with E-state index in [0.29, 0.717) is 4.60 Å². The molecule has 0 atom stereocenters. The zero-order valence-electron chi connectivity index (χ0n) is 7.49. The summed E-state index contributed by atoms with van der Waals surface area (Å²) in [4.78, 5) is 26.1. The first-order valence-electron chi connectivity index (χ1n) is 4.19. The summed E-state index contributed by atoms with van der Waals surface area (Å²) < 4.78 is 5.47. The van der Waals surface area contributed by atoms with Crippen molar-refractivity contribution in [3.63, 3.8) is 0 Å². The first-order chi connectivity index (χ1) is 7.09. The second-order valence-corrected chi connectivity index (χ2v) is 3.81. The van der Waals surface area contributed by atoms with Gasteiger partial charge >= 0.3 is 5.97 Å². The van der Waals surface area contributed by atoms with Crippen molar-refractivity contribution >= 4 is 27.7 Å². The van der Waals surface area contributed by atoms with Crippen LogP contribution in [-0.2, 0) is 0 Å². The lowest BCUT2D eigenvalue weighted by atomic mass is 10.1. The summed E-state index contributed by atoms with van der Waals surface area (Å²) in [6.45, 7) is 0.204. The Hall–Kier alpha value is -1.43. The molecule has 0 bridgehead atoms. The van der Waals surface area contributed by atoms with Gasteiger partial charge < -0.3 is 9.84 Å². The van der Waals surface area contributed by atoms with E-state index in [-0.39, 0.29) is 35.8 Å². The number of hydrogen-bond donors (Lipinski definition) is 1. The van der Waals surface area contributed by atoms with Crippen LogP contribution >= 0.6 is 15.9 Å². The molecule has 0 saturated heterocycles. The number of carboxylic acids is 1. The molecule has 0 aromatic carbocycles. The van der Waals surface area contributed by atoms with E-state index in [0.717, 1.165) is 0 Å². The summed E-state index contributed by atoms with van der Waals surface area (Å²) in [5.41, 5.74) is 0.0490. The zero-order chi connectivity index (χ0) is 11.0. The second kappa shape index (κ2) is 3.62. The number of aromatic nitrogens is 1. The molecule has 0 unspecified atom stereocenters. The summed E-state index contributed by atoms with van der Waals surface area (Å²) in [7, 11) is 0. The number of Topliss-reactive ketones (excluding diaryl/α,β-unsaturated/α-hetero) is 1. The summed E-state index contributed by atoms with van der Waals surface area (Å²) >= 11 is 3.05. The maximum absolute atomic E-state index is 11.5. The van der Waals surface area contributed by atoms with Gasteiger partial charge in [-0.05, 0) is 22.0 Å². The van der Waals surface area contributed by atoms with Gasteiger partial charge in [0.1, 0.15) is 4.60 Å². The molecule has 2 heterocycles. The van der Waals surface area contributed by atoms with E-state index < -0.39 is 5.97 Å². The molecule has 0 amide bonds. The molecule has 1 aromatic heterocycles. The van der Waals surface area contributed by atoms with Crippen LogP contribution in [0.3, 0.4) is 0 Å². The molecule has 5 nitrogen and oxygen atoms in total. The lowest BCUT2D eigenvalue weighted by molar-refractivity contribution is 0.0684. The number of rotatable bonds is 1. The van der Waals surface area contributed by atoms with Gasteiger partial charge in [-0.2, -0.15) is 0 Å². The highest BCUT2D eigenvalue weighted by atomic mass is 79.9. The highest BCUT2D eigenvalue weighted by molar-refractivity contribution is 9.10. The summed E-state index contributed by atoms with van der Waals surface area (Å²) in [6, 6.07) is 1.48. The monoisotopic (exact) mass is 271 g/mol. The van der Waals surface area contributed by atoms with Crippen LogP contribution in [0.25, 0.3) is 0 Å². The Morgan fingerprint density at radius 3 is 3.00 bits per heavy atom. The number of halogens is 1. The van der Waals surface area contributed by atoms with Crippen LogP contribution in [0.15, 0.2) is 10.7 Å². The number of hydrogen-bond acceptors (Lipinski definition) is 4. The van der Waals surface area contributed by atoms with Crippen LogP contribution in [0.2, 0.25) is 0 Å². The number of fused-ring (bicyclic) bond motifs is 1. The van der Waals surface area contributed by atoms with Gasteiger partial charge in [-0.25, -0.2) is 9.78 Å². The molecule has 15 heavy (non-hydrogen) atoms. The highest BCUT2D eigenvalue weighted by Gasteiger charge is 2.26. The van der Waals surface area contributed by atoms with Crippen LogP contribution in [0.5, 0.6) is 5.75 Å². The minimum atomic E-state index is -1.21. The van der Waals surface area contributed by atoms with Crippen LogP contribution in [0, 0.1) is 0 Å². The van der Waals surface area contributed by atoms with Gasteiger partial charge in [0.05, 0.1) is 12.2 Å². The molecule has 0 fully saturated rings. The van der Waals surface area contributed by atoms with Gasteiger partial charge in [0.25, 0.3) is 0 Å². The minimum absolute atomic E-state index is 0.0713. The van der Waals surface area contributed by atoms with Crippen molar-refractivity contribution in [1.29, 1.82) is 0 Å². The van der Waals surface area contributed by atoms with Crippen molar-refractivity contribution in [2.75, 3.05) is 6.61 Å². The van der Waals surface area contributed by atoms with E-state index in [2.05, 4.69) is 20.9 Å². The third kappa shape index (κ3) is 1.72. The van der Waals surface area contributed by atoms with Crippen molar-refractivity contribution in [2.24, 2.45) is 0 Å². The van der Waals surface area contributed by atoms with Gasteiger partial charge in [-0.15, -0.1) is 0 Å². The molecule has 0 radical (unpaired) electrons. The second-order valence-electron chi connectivity index (χ2n) is 3.00. The Balaban J connectivity index is 2.67. The Labute approximate surface area is 93.2 Å². The van der Waals surface area contributed by atoms with Gasteiger partial charge in [0, 0.05) is 6.42 Å². The van der Waals surface area contributed by atoms with Gasteiger partial charge in [-0.3, -0.25) is 4.79 Å². The summed E-state index contributed by atoms with van der Waals surface area (Å²) in [5.74, 6) is -1.26. The van der Waals surface area contributed by atoms with Crippen molar-refractivity contribution in [1.82, 2.24) is 4.98 Å². The molecule has 0 spiro atoms. The van der Waals surface area contributed by atoms with Gasteiger partial charge in [0.15, 0.2) is 17.2 Å². The molecule has 1 N–H and O–H groups in total. The van der Waals surface area contributed by atoms with E-state index >= 15 is 0 Å². The third-order valence-electron chi connectivity index (χ3n) is 2.02. The van der Waals surface area contributed by atoms with Gasteiger partial charge in [-0.1, -0.05) is 0 Å². The molecule has 1 aliphatic heterocycles. The Bertz CT molecular complexity index is 440. The fraction of sp³-hybridized carbons (Fsp3) is 0.222. The number of ether oxygens (including phenoxy) is 1. The van der Waals surface area contributed by atoms with Crippen LogP contribution in [0.4, 0.5) is 0 Å². The number of carbonyl (C=O) groups excluding carboxylic acids is 1. The van der Waals surface area contributed by atoms with E-state index in [1.165, 1.54) is 6.07 Å². The van der Waals surface area contributed by atoms with E-state index in [4.69, 9.17) is 9.84 Å². The lowest BCUT2D eigenvalue weighted by Gasteiger charge is -2.17. The quantitative estimate of drug-likeness (QED) is 0.784. The Kier molecular flexibility index (Phi) is 2.44. The molecule has 6 heteroatoms. The number of ketones is 1. The molecule has 78 valence electrons. The molecule has 2 rings (SSSR count). The topological polar surface area (TPSA) is 76.5 Å². The molecular weight excluding hydrogens is 266 g/mol. The Morgan fingerprint density at radius 2 is 2.33 bits per heavy atom. The fourth-order valence-corrected chi connectivity index (χ4v) is 1.79. The summed E-state index contributed by atoms with van der Waals surface area (Å²) in [5, 5.41) is 8.88. The van der Waals surface area contributed by atoms with E-state index in [1.54, 1.807) is 0 Å². The largest absolute Gasteiger partial charge is 0.490 e. The number of pyridine rings is 1. The van der Waals surface area contributed by atoms with Crippen LogP contribution < -0.4 is 4.74 Å². The van der Waals surface area contributed by atoms with Gasteiger partial charge in [0.2, 0.25) is 0 Å². The molecule has 1 aromatic rings. The summed E-state index contributed by atoms with van der Waals surface area (Å²) in [6.07, 6.45) is 0.266. The van der Waals surface area contributed by atoms with Crippen molar-refractivity contribution in [3.8, 4) is 5.75 Å². The molecule has 1 aliphatic rings. The SMILES string of the molecule is O=C1CCOc2c1cc(Br)nc2C(=O)O. The van der Waals surface area contributed by atoms with E-state index in [1.807, 2.05) is 0 Å². The predicted molar refractivity (Wildman–Crippen MR) is 53.3 cm³/mol. The average Bonchev–Trinajstić information content (AvgIpc) is 2.18. The normalized spacial score (nSPS) is 14.3. The molecular formula is C9H6BrNO4. The lowest BCUT2D eigenvalue weighted by Crippen LogP contribution is -2.19. The number of nitrogens with zero attached hydrogens (tertiary/aromatic N) is 1. The van der Waals surface area contributed by atoms with Crippen LogP contribution in [0.1, 0.15) is 27.3 Å². The fourth-order valence-electron chi connectivity index (χ4n) is 1.38. The maximum Gasteiger partial charge on any atom is 0.358 e. The zero-order valence-corrected chi connectivity index (χ0v) is 9.07. The standard InChI is InChI=1S/C9H6BrNO4/c10-6-3-4-5(12)1-2-15-8(4)7(11-6)9(13)14/h3H,1-2H2,(H,13,14). The van der Waals surface area contributed by atoms with Crippen molar-refractivity contribution in [2.45, 2.75) is 6.42 Å². The molecule has 0 aliphatic carbocycles. The van der Waals surface area contributed by atoms with Crippen molar-refractivity contribution < 1.29 is 19.4 Å². The maximum atomic E-state index is 11.5.